The van der Waals surface area contributed by atoms with Crippen molar-refractivity contribution >= 4 is 51.4 Å². The first-order chi connectivity index (χ1) is 45.1. The van der Waals surface area contributed by atoms with Crippen molar-refractivity contribution in [3.8, 4) is 63.1 Å². The molecule has 7 aromatic rings. The Bertz CT molecular complexity index is 3310. The number of nitriles is 2. The van der Waals surface area contributed by atoms with Gasteiger partial charge in [-0.05, 0) is 182 Å². The minimum Gasteiger partial charge on any atom is -0.494 e. The Kier molecular flexibility index (Phi) is 29.1. The predicted octanol–water partition coefficient (Wildman–Crippen LogP) is 18.5. The molecule has 478 valence electrons. The second-order valence-electron chi connectivity index (χ2n) is 22.7. The SMILES string of the molecule is N#Cc1ccc(-c2ccc(OC(=O)c3ccc(OCCCCCCCCCCOC(=O)c4cc(OC(=O)CCCCC5CCSS5)cc(C(=O)OCCCCCCCCCCOc5ccc(C(=O)Oc6ccc(-c7ccc(C#N)cc7)cc6)cc5)c4)cc3)cc2)cc1. The quantitative estimate of drug-likeness (QED) is 0.0153. The normalized spacial score (nSPS) is 12.4. The van der Waals surface area contributed by atoms with E-state index in [0.717, 1.165) is 125 Å². The van der Waals surface area contributed by atoms with Gasteiger partial charge in [-0.1, -0.05) is 154 Å². The first-order valence-corrected chi connectivity index (χ1v) is 34.6. The largest absolute Gasteiger partial charge is 0.494 e. The van der Waals surface area contributed by atoms with Crippen molar-refractivity contribution in [3.63, 3.8) is 0 Å². The number of hydrogen-bond donors (Lipinski definition) is 0. The van der Waals surface area contributed by atoms with E-state index in [0.29, 0.717) is 83.0 Å². The van der Waals surface area contributed by atoms with Gasteiger partial charge in [0.25, 0.3) is 0 Å². The molecule has 0 bridgehead atoms. The Morgan fingerprint density at radius 2 is 0.739 bits per heavy atom. The number of nitrogens with zero attached hydrogens (tertiary/aromatic N) is 2. The van der Waals surface area contributed by atoms with Crippen LogP contribution in [0.1, 0.15) is 187 Å². The minimum atomic E-state index is -0.592. The molecule has 0 radical (unpaired) electrons. The Labute approximate surface area is 548 Å². The standard InChI is InChI=1S/C76H80N2O12S2/c77-54-56-21-25-58(26-22-56)60-29-41-68(42-30-60)89-75(82)62-33-37-66(38-34-62)84-46-15-9-5-1-3-7-11-17-48-86-73(80)64-51-65(53-70(52-64)88-72(79)20-14-13-19-71-45-50-91-92-71)74(81)87-49-18-12-8-4-2-6-10-16-47-85-67-39-35-63(36-40-67)76(83)90-69-43-31-61(32-44-69)59-27-23-57(55-78)24-28-59/h21-44,51-53,71H,1-20,45-50H2. The Morgan fingerprint density at radius 3 is 1.12 bits per heavy atom. The number of rotatable bonds is 38. The van der Waals surface area contributed by atoms with Gasteiger partial charge in [-0.15, -0.1) is 0 Å². The molecular formula is C76H80N2O12S2. The molecule has 0 N–H and O–H groups in total. The maximum absolute atomic E-state index is 13.4. The molecule has 0 spiro atoms. The molecule has 0 aliphatic carbocycles. The third kappa shape index (κ3) is 24.1. The summed E-state index contributed by atoms with van der Waals surface area (Å²) < 4.78 is 40.0. The first kappa shape index (κ1) is 69.1. The van der Waals surface area contributed by atoms with E-state index in [1.807, 2.05) is 70.1 Å². The molecule has 1 aliphatic heterocycles. The lowest BCUT2D eigenvalue weighted by Gasteiger charge is -2.11. The van der Waals surface area contributed by atoms with Gasteiger partial charge in [0.1, 0.15) is 28.7 Å². The van der Waals surface area contributed by atoms with E-state index in [1.165, 1.54) is 30.4 Å². The zero-order chi connectivity index (χ0) is 64.4. The van der Waals surface area contributed by atoms with E-state index in [2.05, 4.69) is 12.1 Å². The van der Waals surface area contributed by atoms with Gasteiger partial charge >= 0.3 is 29.8 Å². The molecule has 0 aromatic heterocycles. The van der Waals surface area contributed by atoms with Crippen LogP contribution in [0.25, 0.3) is 22.3 Å². The van der Waals surface area contributed by atoms with Gasteiger partial charge in [-0.3, -0.25) is 4.79 Å². The summed E-state index contributed by atoms with van der Waals surface area (Å²) in [6, 6.07) is 51.6. The molecular weight excluding hydrogens is 1200 g/mol. The molecule has 7 aromatic carbocycles. The topological polar surface area (TPSA) is 198 Å². The van der Waals surface area contributed by atoms with Crippen LogP contribution in [-0.2, 0) is 14.3 Å². The molecule has 8 rings (SSSR count). The van der Waals surface area contributed by atoms with Gasteiger partial charge in [-0.2, -0.15) is 10.5 Å². The number of benzene rings is 7. The van der Waals surface area contributed by atoms with E-state index < -0.39 is 29.8 Å². The zero-order valence-electron chi connectivity index (χ0n) is 52.2. The third-order valence-corrected chi connectivity index (χ3v) is 18.6. The summed E-state index contributed by atoms with van der Waals surface area (Å²) in [7, 11) is 3.83. The van der Waals surface area contributed by atoms with Crippen LogP contribution in [0, 0.1) is 22.7 Å². The van der Waals surface area contributed by atoms with Gasteiger partial charge in [-0.25, -0.2) is 19.2 Å². The van der Waals surface area contributed by atoms with E-state index in [9.17, 15) is 24.0 Å². The number of carbonyl (C=O) groups excluding carboxylic acids is 5. The molecule has 1 atom stereocenters. The van der Waals surface area contributed by atoms with E-state index in [-0.39, 0.29) is 36.5 Å². The highest BCUT2D eigenvalue weighted by Gasteiger charge is 2.20. The van der Waals surface area contributed by atoms with E-state index in [1.54, 1.807) is 97.1 Å². The van der Waals surface area contributed by atoms with Gasteiger partial charge < -0.3 is 33.2 Å². The molecule has 1 heterocycles. The van der Waals surface area contributed by atoms with Crippen LogP contribution in [0.3, 0.4) is 0 Å². The number of hydrogen-bond acceptors (Lipinski definition) is 16. The maximum Gasteiger partial charge on any atom is 0.343 e. The Balaban J connectivity index is 0.652. The van der Waals surface area contributed by atoms with Crippen molar-refractivity contribution in [1.82, 2.24) is 0 Å². The van der Waals surface area contributed by atoms with Crippen molar-refractivity contribution in [1.29, 1.82) is 10.5 Å². The number of esters is 5. The van der Waals surface area contributed by atoms with Crippen LogP contribution in [-0.4, -0.2) is 67.3 Å². The zero-order valence-corrected chi connectivity index (χ0v) is 53.8. The summed E-state index contributed by atoms with van der Waals surface area (Å²) in [5, 5.41) is 18.7. The third-order valence-electron chi connectivity index (χ3n) is 15.6. The lowest BCUT2D eigenvalue weighted by Crippen LogP contribution is -2.13. The summed E-state index contributed by atoms with van der Waals surface area (Å²) >= 11 is 0. The fourth-order valence-corrected chi connectivity index (χ4v) is 13.3. The van der Waals surface area contributed by atoms with Crippen LogP contribution in [0.5, 0.6) is 28.7 Å². The smallest absolute Gasteiger partial charge is 0.343 e. The highest BCUT2D eigenvalue weighted by Crippen LogP contribution is 2.40. The maximum atomic E-state index is 13.4. The lowest BCUT2D eigenvalue weighted by molar-refractivity contribution is -0.134. The highest BCUT2D eigenvalue weighted by atomic mass is 33.1. The average Bonchev–Trinajstić information content (AvgIpc) is 1.61. The molecule has 0 saturated carbocycles. The minimum absolute atomic E-state index is 0.114. The molecule has 14 nitrogen and oxygen atoms in total. The number of unbranched alkanes of at least 4 members (excludes halogenated alkanes) is 15. The number of carbonyl (C=O) groups is 5. The highest BCUT2D eigenvalue weighted by molar-refractivity contribution is 8.77. The lowest BCUT2D eigenvalue weighted by atomic mass is 10.0. The molecule has 92 heavy (non-hydrogen) atoms. The number of ether oxygens (including phenoxy) is 7. The Hall–Kier alpha value is -8.83. The van der Waals surface area contributed by atoms with Crippen molar-refractivity contribution in [2.24, 2.45) is 0 Å². The van der Waals surface area contributed by atoms with Crippen molar-refractivity contribution < 1.29 is 57.1 Å². The van der Waals surface area contributed by atoms with Crippen molar-refractivity contribution in [2.45, 2.75) is 140 Å². The predicted molar refractivity (Wildman–Crippen MR) is 360 cm³/mol. The summed E-state index contributed by atoms with van der Waals surface area (Å²) in [6.45, 7) is 1.60. The molecule has 1 unspecified atom stereocenters. The fraction of sp³-hybridized carbons (Fsp3) is 0.355. The van der Waals surface area contributed by atoms with Crippen LogP contribution >= 0.6 is 21.6 Å². The summed E-state index contributed by atoms with van der Waals surface area (Å²) in [5.41, 5.74) is 6.12. The fourth-order valence-electron chi connectivity index (χ4n) is 10.3. The molecule has 1 fully saturated rings. The van der Waals surface area contributed by atoms with Gasteiger partial charge in [0.15, 0.2) is 0 Å². The second-order valence-corrected chi connectivity index (χ2v) is 25.5. The van der Waals surface area contributed by atoms with Crippen LogP contribution in [0.15, 0.2) is 164 Å². The Morgan fingerprint density at radius 1 is 0.370 bits per heavy atom. The summed E-state index contributed by atoms with van der Waals surface area (Å²) in [4.78, 5) is 65.3. The monoisotopic (exact) mass is 1280 g/mol. The van der Waals surface area contributed by atoms with Crippen molar-refractivity contribution in [2.75, 3.05) is 32.2 Å². The van der Waals surface area contributed by atoms with Crippen molar-refractivity contribution in [3.05, 3.63) is 197 Å². The van der Waals surface area contributed by atoms with Crippen LogP contribution in [0.4, 0.5) is 0 Å². The molecule has 1 aliphatic rings. The van der Waals surface area contributed by atoms with Crippen LogP contribution in [0.2, 0.25) is 0 Å². The molecule has 16 heteroatoms. The average molecular weight is 1280 g/mol. The van der Waals surface area contributed by atoms with Crippen LogP contribution < -0.4 is 23.7 Å². The van der Waals surface area contributed by atoms with E-state index in [4.69, 9.17) is 43.7 Å². The molecule has 1 saturated heterocycles. The van der Waals surface area contributed by atoms with E-state index >= 15 is 0 Å². The van der Waals surface area contributed by atoms with Gasteiger partial charge in [0, 0.05) is 17.4 Å². The first-order valence-electron chi connectivity index (χ1n) is 32.2. The van der Waals surface area contributed by atoms with Gasteiger partial charge in [0.2, 0.25) is 0 Å². The van der Waals surface area contributed by atoms with Gasteiger partial charge in [0.05, 0.1) is 71.9 Å². The molecule has 0 amide bonds. The summed E-state index contributed by atoms with van der Waals surface area (Å²) in [5.74, 6) is 1.02. The summed E-state index contributed by atoms with van der Waals surface area (Å²) in [6.07, 6.45) is 19.7. The second kappa shape index (κ2) is 38.8.